The van der Waals surface area contributed by atoms with Gasteiger partial charge in [0.05, 0.1) is 28.0 Å². The average molecular weight is 405 g/mol. The quantitative estimate of drug-likeness (QED) is 0.698. The molecule has 28 heavy (non-hydrogen) atoms. The number of hydrogen-bond donors (Lipinski definition) is 1. The van der Waals surface area contributed by atoms with Crippen LogP contribution in [-0.2, 0) is 12.3 Å². The standard InChI is InChI=1S/C21H19ClF2N2O2/c1-21(23,24)13-6-7-15-17(10-12-8-14(27)9-12)25-20(28)26(19(15)11-13)18-5-3-2-4-16(18)22/h2-7,11-12,14,27H,8-10H2,1H3. The third-order valence-corrected chi connectivity index (χ3v) is 5.58. The van der Waals surface area contributed by atoms with Crippen LogP contribution < -0.4 is 5.69 Å². The molecule has 1 N–H and O–H groups in total. The number of aromatic nitrogens is 2. The van der Waals surface area contributed by atoms with Crippen LogP contribution in [0.3, 0.4) is 0 Å². The highest BCUT2D eigenvalue weighted by molar-refractivity contribution is 6.32. The second-order valence-electron chi connectivity index (χ2n) is 7.44. The highest BCUT2D eigenvalue weighted by Gasteiger charge is 2.30. The number of halogens is 3. The highest BCUT2D eigenvalue weighted by atomic mass is 35.5. The fourth-order valence-corrected chi connectivity index (χ4v) is 3.94. The molecule has 0 amide bonds. The number of fused-ring (bicyclic) bond motifs is 1. The van der Waals surface area contributed by atoms with Crippen LogP contribution in [0.2, 0.25) is 5.02 Å². The van der Waals surface area contributed by atoms with Gasteiger partial charge in [-0.05, 0) is 43.4 Å². The first-order chi connectivity index (χ1) is 13.2. The Bertz CT molecular complexity index is 1100. The summed E-state index contributed by atoms with van der Waals surface area (Å²) in [5.41, 5.74) is 0.561. The normalized spacial score (nSPS) is 19.6. The van der Waals surface area contributed by atoms with Crippen molar-refractivity contribution in [1.82, 2.24) is 9.55 Å². The molecule has 0 atom stereocenters. The molecule has 1 aliphatic rings. The number of aliphatic hydroxyl groups excluding tert-OH is 1. The van der Waals surface area contributed by atoms with E-state index in [0.717, 1.165) is 6.92 Å². The summed E-state index contributed by atoms with van der Waals surface area (Å²) in [5, 5.41) is 10.5. The van der Waals surface area contributed by atoms with Gasteiger partial charge in [0.2, 0.25) is 0 Å². The molecule has 2 aromatic carbocycles. The Morgan fingerprint density at radius 1 is 1.25 bits per heavy atom. The molecule has 1 aromatic heterocycles. The van der Waals surface area contributed by atoms with Crippen LogP contribution in [0, 0.1) is 5.92 Å². The molecule has 146 valence electrons. The van der Waals surface area contributed by atoms with Crippen LogP contribution in [0.15, 0.2) is 47.3 Å². The zero-order valence-electron chi connectivity index (χ0n) is 15.2. The molecular weight excluding hydrogens is 386 g/mol. The van der Waals surface area contributed by atoms with E-state index in [2.05, 4.69) is 4.98 Å². The summed E-state index contributed by atoms with van der Waals surface area (Å²) in [4.78, 5) is 17.1. The summed E-state index contributed by atoms with van der Waals surface area (Å²) in [6, 6.07) is 11.0. The second-order valence-corrected chi connectivity index (χ2v) is 7.85. The Morgan fingerprint density at radius 3 is 2.61 bits per heavy atom. The first kappa shape index (κ1) is 19.0. The molecule has 1 saturated carbocycles. The lowest BCUT2D eigenvalue weighted by Gasteiger charge is -2.31. The van der Waals surface area contributed by atoms with Gasteiger partial charge in [-0.1, -0.05) is 35.9 Å². The lowest BCUT2D eigenvalue weighted by atomic mass is 9.79. The minimum Gasteiger partial charge on any atom is -0.393 e. The van der Waals surface area contributed by atoms with Crippen molar-refractivity contribution < 1.29 is 13.9 Å². The second kappa shape index (κ2) is 6.94. The minimum atomic E-state index is -3.04. The summed E-state index contributed by atoms with van der Waals surface area (Å²) in [6.45, 7) is 0.823. The van der Waals surface area contributed by atoms with Gasteiger partial charge < -0.3 is 5.11 Å². The highest BCUT2D eigenvalue weighted by Crippen LogP contribution is 2.34. The summed E-state index contributed by atoms with van der Waals surface area (Å²) in [5.74, 6) is -2.81. The maximum absolute atomic E-state index is 14.0. The molecule has 0 radical (unpaired) electrons. The van der Waals surface area contributed by atoms with Crippen molar-refractivity contribution in [2.75, 3.05) is 0 Å². The van der Waals surface area contributed by atoms with Crippen LogP contribution in [0.4, 0.5) is 8.78 Å². The van der Waals surface area contributed by atoms with Crippen molar-refractivity contribution in [1.29, 1.82) is 0 Å². The predicted octanol–water partition coefficient (Wildman–Crippen LogP) is 4.46. The number of alkyl halides is 2. The summed E-state index contributed by atoms with van der Waals surface area (Å²) >= 11 is 6.27. The topological polar surface area (TPSA) is 55.1 Å². The molecule has 0 spiro atoms. The van der Waals surface area contributed by atoms with Gasteiger partial charge >= 0.3 is 5.69 Å². The minimum absolute atomic E-state index is 0.184. The molecule has 0 unspecified atom stereocenters. The van der Waals surface area contributed by atoms with Gasteiger partial charge in [-0.15, -0.1) is 0 Å². The SMILES string of the molecule is CC(F)(F)c1ccc2c(CC3CC(O)C3)nc(=O)n(-c3ccccc3Cl)c2c1. The number of benzene rings is 2. The predicted molar refractivity (Wildman–Crippen MR) is 104 cm³/mol. The first-order valence-electron chi connectivity index (χ1n) is 9.11. The molecule has 1 heterocycles. The van der Waals surface area contributed by atoms with E-state index in [9.17, 15) is 18.7 Å². The molecule has 1 fully saturated rings. The Kier molecular flexibility index (Phi) is 4.71. The van der Waals surface area contributed by atoms with E-state index < -0.39 is 11.6 Å². The smallest absolute Gasteiger partial charge is 0.352 e. The average Bonchev–Trinajstić information content (AvgIpc) is 2.60. The van der Waals surface area contributed by atoms with Crippen molar-refractivity contribution in [3.05, 3.63) is 69.2 Å². The zero-order valence-corrected chi connectivity index (χ0v) is 16.0. The van der Waals surface area contributed by atoms with Gasteiger partial charge in [-0.2, -0.15) is 4.98 Å². The van der Waals surface area contributed by atoms with Crippen LogP contribution in [-0.4, -0.2) is 20.8 Å². The Balaban J connectivity index is 1.96. The number of para-hydroxylation sites is 1. The monoisotopic (exact) mass is 404 g/mol. The fraction of sp³-hybridized carbons (Fsp3) is 0.333. The maximum atomic E-state index is 14.0. The van der Waals surface area contributed by atoms with Crippen LogP contribution >= 0.6 is 11.6 Å². The summed E-state index contributed by atoms with van der Waals surface area (Å²) in [7, 11) is 0. The molecule has 0 saturated heterocycles. The molecule has 4 rings (SSSR count). The van der Waals surface area contributed by atoms with Crippen LogP contribution in [0.5, 0.6) is 0 Å². The van der Waals surface area contributed by atoms with E-state index >= 15 is 0 Å². The van der Waals surface area contributed by atoms with Gasteiger partial charge in [-0.3, -0.25) is 4.57 Å². The number of aliphatic hydroxyl groups is 1. The third-order valence-electron chi connectivity index (χ3n) is 5.26. The van der Waals surface area contributed by atoms with Gasteiger partial charge in [0, 0.05) is 17.9 Å². The zero-order chi connectivity index (χ0) is 20.1. The molecule has 7 heteroatoms. The van der Waals surface area contributed by atoms with Gasteiger partial charge in [0.1, 0.15) is 0 Å². The first-order valence-corrected chi connectivity index (χ1v) is 9.49. The van der Waals surface area contributed by atoms with Crippen molar-refractivity contribution in [2.24, 2.45) is 5.92 Å². The van der Waals surface area contributed by atoms with Crippen molar-refractivity contribution in [3.63, 3.8) is 0 Å². The van der Waals surface area contributed by atoms with Crippen LogP contribution in [0.25, 0.3) is 16.6 Å². The number of rotatable bonds is 4. The molecule has 0 bridgehead atoms. The summed E-state index contributed by atoms with van der Waals surface area (Å²) < 4.78 is 29.2. The van der Waals surface area contributed by atoms with E-state index in [1.54, 1.807) is 30.3 Å². The third kappa shape index (κ3) is 3.42. The van der Waals surface area contributed by atoms with E-state index in [0.29, 0.717) is 46.6 Å². The Labute approximate surface area is 165 Å². The largest absolute Gasteiger partial charge is 0.393 e. The van der Waals surface area contributed by atoms with Crippen molar-refractivity contribution >= 4 is 22.5 Å². The molecule has 0 aliphatic heterocycles. The van der Waals surface area contributed by atoms with Crippen molar-refractivity contribution in [3.8, 4) is 5.69 Å². The van der Waals surface area contributed by atoms with E-state index in [1.165, 1.54) is 16.7 Å². The summed E-state index contributed by atoms with van der Waals surface area (Å²) in [6.07, 6.45) is 1.52. The molecule has 3 aromatic rings. The number of nitrogens with zero attached hydrogens (tertiary/aromatic N) is 2. The molecular formula is C21H19ClF2N2O2. The van der Waals surface area contributed by atoms with Gasteiger partial charge in [0.25, 0.3) is 5.92 Å². The van der Waals surface area contributed by atoms with E-state index in [1.807, 2.05) is 0 Å². The van der Waals surface area contributed by atoms with Gasteiger partial charge in [0.15, 0.2) is 0 Å². The maximum Gasteiger partial charge on any atom is 0.352 e. The molecule has 1 aliphatic carbocycles. The lowest BCUT2D eigenvalue weighted by Crippen LogP contribution is -2.31. The van der Waals surface area contributed by atoms with E-state index in [-0.39, 0.29) is 17.6 Å². The lowest BCUT2D eigenvalue weighted by molar-refractivity contribution is 0.0175. The van der Waals surface area contributed by atoms with Crippen LogP contribution in [0.1, 0.15) is 31.0 Å². The van der Waals surface area contributed by atoms with Crippen molar-refractivity contribution in [2.45, 2.75) is 38.2 Å². The number of hydrogen-bond acceptors (Lipinski definition) is 3. The molecule has 4 nitrogen and oxygen atoms in total. The Morgan fingerprint density at radius 2 is 1.96 bits per heavy atom. The van der Waals surface area contributed by atoms with E-state index in [4.69, 9.17) is 11.6 Å². The fourth-order valence-electron chi connectivity index (χ4n) is 3.72. The Hall–Kier alpha value is -2.31. The van der Waals surface area contributed by atoms with Gasteiger partial charge in [-0.25, -0.2) is 13.6 Å².